The van der Waals surface area contributed by atoms with E-state index in [1.165, 1.54) is 0 Å². The molecule has 0 fully saturated rings. The van der Waals surface area contributed by atoms with Crippen molar-refractivity contribution >= 4 is 22.8 Å². The molecular weight excluding hydrogens is 378 g/mol. The van der Waals surface area contributed by atoms with Crippen molar-refractivity contribution in [1.82, 2.24) is 15.0 Å². The lowest BCUT2D eigenvalue weighted by Crippen LogP contribution is -2.14. The SMILES string of the molecule is Cc1ccc(C(=O)COC(=O)c2ccc(Cn3nnc4ccccc43)cc2)cc1C. The van der Waals surface area contributed by atoms with Crippen LogP contribution in [0, 0.1) is 13.8 Å². The van der Waals surface area contributed by atoms with Crippen molar-refractivity contribution in [3.05, 3.63) is 94.5 Å². The summed E-state index contributed by atoms with van der Waals surface area (Å²) in [5.74, 6) is -0.744. The molecule has 30 heavy (non-hydrogen) atoms. The highest BCUT2D eigenvalue weighted by molar-refractivity contribution is 5.99. The number of fused-ring (bicyclic) bond motifs is 1. The molecule has 0 aliphatic heterocycles. The van der Waals surface area contributed by atoms with Crippen LogP contribution < -0.4 is 0 Å². The first-order chi connectivity index (χ1) is 14.5. The van der Waals surface area contributed by atoms with E-state index < -0.39 is 5.97 Å². The zero-order valence-corrected chi connectivity index (χ0v) is 16.8. The molecule has 0 unspecified atom stereocenters. The molecule has 0 N–H and O–H groups in total. The first kappa shape index (κ1) is 19.5. The van der Waals surface area contributed by atoms with Gasteiger partial charge in [-0.05, 0) is 60.9 Å². The Morgan fingerprint density at radius 2 is 1.63 bits per heavy atom. The summed E-state index contributed by atoms with van der Waals surface area (Å²) in [6.07, 6.45) is 0. The molecule has 3 aromatic carbocycles. The second kappa shape index (κ2) is 8.29. The number of ketones is 1. The van der Waals surface area contributed by atoms with Crippen LogP contribution in [-0.2, 0) is 11.3 Å². The lowest BCUT2D eigenvalue weighted by atomic mass is 10.0. The maximum Gasteiger partial charge on any atom is 0.338 e. The molecule has 0 saturated carbocycles. The third kappa shape index (κ3) is 4.12. The number of benzene rings is 3. The lowest BCUT2D eigenvalue weighted by Gasteiger charge is -2.07. The minimum absolute atomic E-state index is 0.221. The van der Waals surface area contributed by atoms with E-state index in [1.54, 1.807) is 18.2 Å². The topological polar surface area (TPSA) is 74.1 Å². The van der Waals surface area contributed by atoms with Crippen LogP contribution in [0.25, 0.3) is 11.0 Å². The third-order valence-electron chi connectivity index (χ3n) is 5.11. The van der Waals surface area contributed by atoms with Crippen LogP contribution in [0.1, 0.15) is 37.4 Å². The van der Waals surface area contributed by atoms with Crippen LogP contribution in [0.2, 0.25) is 0 Å². The second-order valence-electron chi connectivity index (χ2n) is 7.23. The number of carbonyl (C=O) groups excluding carboxylic acids is 2. The predicted molar refractivity (Wildman–Crippen MR) is 114 cm³/mol. The van der Waals surface area contributed by atoms with Gasteiger partial charge in [0.1, 0.15) is 5.52 Å². The molecule has 0 radical (unpaired) electrons. The van der Waals surface area contributed by atoms with Crippen LogP contribution in [-0.4, -0.2) is 33.4 Å². The fraction of sp³-hybridized carbons (Fsp3) is 0.167. The van der Waals surface area contributed by atoms with Crippen LogP contribution in [0.15, 0.2) is 66.7 Å². The lowest BCUT2D eigenvalue weighted by molar-refractivity contribution is 0.0474. The predicted octanol–water partition coefficient (Wildman–Crippen LogP) is 4.14. The zero-order valence-electron chi connectivity index (χ0n) is 16.8. The highest BCUT2D eigenvalue weighted by atomic mass is 16.5. The molecule has 150 valence electrons. The molecule has 4 rings (SSSR count). The van der Waals surface area contributed by atoms with Gasteiger partial charge in [0, 0.05) is 5.56 Å². The van der Waals surface area contributed by atoms with Gasteiger partial charge in [-0.3, -0.25) is 4.79 Å². The molecule has 0 aliphatic rings. The molecule has 0 amide bonds. The van der Waals surface area contributed by atoms with E-state index in [2.05, 4.69) is 10.3 Å². The number of ether oxygens (including phenoxy) is 1. The fourth-order valence-corrected chi connectivity index (χ4v) is 3.17. The number of hydrogen-bond acceptors (Lipinski definition) is 5. The number of esters is 1. The summed E-state index contributed by atoms with van der Waals surface area (Å²) in [5.41, 5.74) is 5.85. The van der Waals surface area contributed by atoms with Gasteiger partial charge in [0.05, 0.1) is 17.6 Å². The average Bonchev–Trinajstić information content (AvgIpc) is 3.17. The van der Waals surface area contributed by atoms with Crippen molar-refractivity contribution in [1.29, 1.82) is 0 Å². The largest absolute Gasteiger partial charge is 0.454 e. The summed E-state index contributed by atoms with van der Waals surface area (Å²) < 4.78 is 7.01. The van der Waals surface area contributed by atoms with E-state index in [0.717, 1.165) is 27.7 Å². The van der Waals surface area contributed by atoms with Crippen LogP contribution in [0.4, 0.5) is 0 Å². The van der Waals surface area contributed by atoms with E-state index >= 15 is 0 Å². The minimum Gasteiger partial charge on any atom is -0.454 e. The number of hydrogen-bond donors (Lipinski definition) is 0. The quantitative estimate of drug-likeness (QED) is 0.360. The Kier molecular flexibility index (Phi) is 5.39. The van der Waals surface area contributed by atoms with Crippen LogP contribution in [0.5, 0.6) is 0 Å². The molecule has 6 heteroatoms. The molecular formula is C24H21N3O3. The molecule has 0 saturated heterocycles. The van der Waals surface area contributed by atoms with Crippen LogP contribution >= 0.6 is 0 Å². The van der Waals surface area contributed by atoms with E-state index in [1.807, 2.05) is 67.1 Å². The van der Waals surface area contributed by atoms with Gasteiger partial charge in [-0.25, -0.2) is 9.48 Å². The van der Waals surface area contributed by atoms with E-state index in [9.17, 15) is 9.59 Å². The number of para-hydroxylation sites is 1. The second-order valence-corrected chi connectivity index (χ2v) is 7.23. The Labute approximate surface area is 174 Å². The average molecular weight is 399 g/mol. The van der Waals surface area contributed by atoms with Crippen molar-refractivity contribution in [2.45, 2.75) is 20.4 Å². The first-order valence-corrected chi connectivity index (χ1v) is 9.66. The highest BCUT2D eigenvalue weighted by Gasteiger charge is 2.13. The van der Waals surface area contributed by atoms with Crippen molar-refractivity contribution in [2.24, 2.45) is 0 Å². The molecule has 1 heterocycles. The monoisotopic (exact) mass is 399 g/mol. The Balaban J connectivity index is 1.38. The van der Waals surface area contributed by atoms with Gasteiger partial charge >= 0.3 is 5.97 Å². The Morgan fingerprint density at radius 3 is 2.40 bits per heavy atom. The van der Waals surface area contributed by atoms with Crippen molar-refractivity contribution in [2.75, 3.05) is 6.61 Å². The molecule has 0 atom stereocenters. The van der Waals surface area contributed by atoms with Gasteiger partial charge in [0.2, 0.25) is 0 Å². The van der Waals surface area contributed by atoms with Crippen molar-refractivity contribution in [3.63, 3.8) is 0 Å². The molecule has 4 aromatic rings. The van der Waals surface area contributed by atoms with Gasteiger partial charge in [0.15, 0.2) is 12.4 Å². The smallest absolute Gasteiger partial charge is 0.338 e. The third-order valence-corrected chi connectivity index (χ3v) is 5.11. The fourth-order valence-electron chi connectivity index (χ4n) is 3.17. The minimum atomic E-state index is -0.523. The van der Waals surface area contributed by atoms with E-state index in [-0.39, 0.29) is 12.4 Å². The summed E-state index contributed by atoms with van der Waals surface area (Å²) in [6.45, 7) is 4.19. The van der Waals surface area contributed by atoms with Gasteiger partial charge in [0.25, 0.3) is 0 Å². The number of aromatic nitrogens is 3. The molecule has 6 nitrogen and oxygen atoms in total. The number of carbonyl (C=O) groups is 2. The van der Waals surface area contributed by atoms with Crippen molar-refractivity contribution < 1.29 is 14.3 Å². The normalized spacial score (nSPS) is 10.9. The highest BCUT2D eigenvalue weighted by Crippen LogP contribution is 2.14. The Morgan fingerprint density at radius 1 is 0.900 bits per heavy atom. The Bertz CT molecular complexity index is 1230. The molecule has 1 aromatic heterocycles. The zero-order chi connectivity index (χ0) is 21.1. The summed E-state index contributed by atoms with van der Waals surface area (Å²) in [5, 5.41) is 8.32. The number of Topliss-reactive ketones (excluding diaryl/α,β-unsaturated/α-hetero) is 1. The van der Waals surface area contributed by atoms with E-state index in [4.69, 9.17) is 4.74 Å². The van der Waals surface area contributed by atoms with E-state index in [0.29, 0.717) is 17.7 Å². The van der Waals surface area contributed by atoms with Crippen molar-refractivity contribution in [3.8, 4) is 0 Å². The molecule has 0 spiro atoms. The number of aryl methyl sites for hydroxylation is 2. The summed E-state index contributed by atoms with van der Waals surface area (Å²) in [6, 6.07) is 20.3. The standard InChI is InChI=1S/C24H21N3O3/c1-16-7-10-20(13-17(16)2)23(28)15-30-24(29)19-11-8-18(9-12-19)14-27-22-6-4-3-5-21(22)25-26-27/h3-13H,14-15H2,1-2H3. The van der Waals surface area contributed by atoms with Gasteiger partial charge in [-0.2, -0.15) is 0 Å². The van der Waals surface area contributed by atoms with Crippen LogP contribution in [0.3, 0.4) is 0 Å². The summed E-state index contributed by atoms with van der Waals surface area (Å²) in [7, 11) is 0. The van der Waals surface area contributed by atoms with Gasteiger partial charge in [-0.15, -0.1) is 5.10 Å². The Hall–Kier alpha value is -3.80. The molecule has 0 bridgehead atoms. The summed E-state index contributed by atoms with van der Waals surface area (Å²) in [4.78, 5) is 24.6. The maximum absolute atomic E-state index is 12.3. The molecule has 0 aliphatic carbocycles. The number of rotatable bonds is 6. The number of nitrogens with zero attached hydrogens (tertiary/aromatic N) is 3. The van der Waals surface area contributed by atoms with Gasteiger partial charge < -0.3 is 4.74 Å². The maximum atomic E-state index is 12.3. The van der Waals surface area contributed by atoms with Gasteiger partial charge in [-0.1, -0.05) is 41.6 Å². The first-order valence-electron chi connectivity index (χ1n) is 9.66. The summed E-state index contributed by atoms with van der Waals surface area (Å²) >= 11 is 0.